The van der Waals surface area contributed by atoms with Crippen LogP contribution in [-0.2, 0) is 9.53 Å². The number of morpholine rings is 1. The number of carbonyl (C=O) groups excluding carboxylic acids is 2. The summed E-state index contributed by atoms with van der Waals surface area (Å²) in [5, 5.41) is 5.68. The van der Waals surface area contributed by atoms with Gasteiger partial charge in [0.25, 0.3) is 0 Å². The molecule has 0 saturated carbocycles. The summed E-state index contributed by atoms with van der Waals surface area (Å²) in [5.74, 6) is -0.206. The average Bonchev–Trinajstić information content (AvgIpc) is 2.53. The van der Waals surface area contributed by atoms with Crippen LogP contribution in [0.25, 0.3) is 0 Å². The van der Waals surface area contributed by atoms with Crippen molar-refractivity contribution in [2.75, 3.05) is 26.3 Å². The lowest BCUT2D eigenvalue weighted by atomic mass is 10.1. The van der Waals surface area contributed by atoms with Crippen LogP contribution in [0.3, 0.4) is 0 Å². The molecule has 0 aliphatic carbocycles. The molecule has 1 aliphatic heterocycles. The summed E-state index contributed by atoms with van der Waals surface area (Å²) in [6.45, 7) is 5.93. The van der Waals surface area contributed by atoms with E-state index >= 15 is 0 Å². The second-order valence-corrected chi connectivity index (χ2v) is 5.56. The van der Waals surface area contributed by atoms with Crippen LogP contribution in [0.15, 0.2) is 30.3 Å². The highest BCUT2D eigenvalue weighted by molar-refractivity contribution is 5.88. The summed E-state index contributed by atoms with van der Waals surface area (Å²) < 4.78 is 5.24. The van der Waals surface area contributed by atoms with Gasteiger partial charge in [0.1, 0.15) is 6.04 Å². The minimum Gasteiger partial charge on any atom is -0.378 e. The van der Waals surface area contributed by atoms with Crippen molar-refractivity contribution < 1.29 is 14.3 Å². The van der Waals surface area contributed by atoms with Gasteiger partial charge in [0.15, 0.2) is 0 Å². The topological polar surface area (TPSA) is 70.7 Å². The Morgan fingerprint density at radius 2 is 1.73 bits per heavy atom. The lowest BCUT2D eigenvalue weighted by Crippen LogP contribution is -2.50. The Hall–Kier alpha value is -2.08. The van der Waals surface area contributed by atoms with Gasteiger partial charge in [-0.2, -0.15) is 0 Å². The number of ether oxygens (including phenoxy) is 1. The smallest absolute Gasteiger partial charge is 0.318 e. The third-order valence-corrected chi connectivity index (χ3v) is 3.39. The summed E-state index contributed by atoms with van der Waals surface area (Å²) in [7, 11) is 0. The molecular weight excluding hydrogens is 282 g/mol. The lowest BCUT2D eigenvalue weighted by Gasteiger charge is -2.29. The Kier molecular flexibility index (Phi) is 5.77. The summed E-state index contributed by atoms with van der Waals surface area (Å²) in [4.78, 5) is 26.4. The number of hydrogen-bond donors (Lipinski definition) is 2. The Bertz CT molecular complexity index is 499. The fraction of sp³-hybridized carbons (Fsp3) is 0.500. The number of benzene rings is 1. The highest BCUT2D eigenvalue weighted by Gasteiger charge is 2.26. The maximum Gasteiger partial charge on any atom is 0.318 e. The SMILES string of the molecule is CC(C)NC(=O)[C@@H](NC(=O)N1CCOCC1)c1ccccc1. The molecule has 120 valence electrons. The first-order valence-corrected chi connectivity index (χ1v) is 7.56. The first kappa shape index (κ1) is 16.3. The third kappa shape index (κ3) is 4.46. The van der Waals surface area contributed by atoms with Gasteiger partial charge >= 0.3 is 6.03 Å². The summed E-state index contributed by atoms with van der Waals surface area (Å²) in [6.07, 6.45) is 0. The molecule has 0 aromatic heterocycles. The number of hydrogen-bond acceptors (Lipinski definition) is 3. The Balaban J connectivity index is 2.10. The van der Waals surface area contributed by atoms with E-state index in [4.69, 9.17) is 4.74 Å². The fourth-order valence-corrected chi connectivity index (χ4v) is 2.29. The van der Waals surface area contributed by atoms with Crippen LogP contribution >= 0.6 is 0 Å². The quantitative estimate of drug-likeness (QED) is 0.880. The van der Waals surface area contributed by atoms with Gasteiger partial charge in [0.2, 0.25) is 5.91 Å². The van der Waals surface area contributed by atoms with Crippen molar-refractivity contribution in [1.29, 1.82) is 0 Å². The highest BCUT2D eigenvalue weighted by atomic mass is 16.5. The number of rotatable bonds is 4. The van der Waals surface area contributed by atoms with Gasteiger partial charge < -0.3 is 20.3 Å². The van der Waals surface area contributed by atoms with Crippen molar-refractivity contribution in [1.82, 2.24) is 15.5 Å². The molecule has 22 heavy (non-hydrogen) atoms. The van der Waals surface area contributed by atoms with E-state index in [9.17, 15) is 9.59 Å². The molecule has 0 bridgehead atoms. The maximum atomic E-state index is 12.4. The summed E-state index contributed by atoms with van der Waals surface area (Å²) in [6, 6.07) is 8.34. The predicted octanol–water partition coefficient (Wildman–Crippen LogP) is 1.29. The lowest BCUT2D eigenvalue weighted by molar-refractivity contribution is -0.123. The van der Waals surface area contributed by atoms with Crippen LogP contribution in [0.2, 0.25) is 0 Å². The van der Waals surface area contributed by atoms with Gasteiger partial charge in [-0.3, -0.25) is 4.79 Å². The van der Waals surface area contributed by atoms with E-state index in [1.807, 2.05) is 44.2 Å². The summed E-state index contributed by atoms with van der Waals surface area (Å²) >= 11 is 0. The molecule has 0 unspecified atom stereocenters. The zero-order valence-corrected chi connectivity index (χ0v) is 13.0. The average molecular weight is 305 g/mol. The molecule has 6 heteroatoms. The van der Waals surface area contributed by atoms with Crippen LogP contribution in [0.1, 0.15) is 25.5 Å². The molecule has 1 fully saturated rings. The molecular formula is C16H23N3O3. The van der Waals surface area contributed by atoms with Crippen LogP contribution in [0, 0.1) is 0 Å². The van der Waals surface area contributed by atoms with Crippen LogP contribution in [-0.4, -0.2) is 49.2 Å². The van der Waals surface area contributed by atoms with E-state index in [-0.39, 0.29) is 18.0 Å². The monoisotopic (exact) mass is 305 g/mol. The number of amides is 3. The first-order chi connectivity index (χ1) is 10.6. The second-order valence-electron chi connectivity index (χ2n) is 5.56. The zero-order chi connectivity index (χ0) is 15.9. The number of nitrogens with one attached hydrogen (secondary N) is 2. The van der Waals surface area contributed by atoms with Crippen LogP contribution in [0.4, 0.5) is 4.79 Å². The molecule has 0 radical (unpaired) electrons. The van der Waals surface area contributed by atoms with Gasteiger partial charge in [-0.05, 0) is 19.4 Å². The number of urea groups is 1. The van der Waals surface area contributed by atoms with Gasteiger partial charge in [0.05, 0.1) is 13.2 Å². The minimum absolute atomic E-state index is 0.0130. The van der Waals surface area contributed by atoms with Crippen molar-refractivity contribution in [3.63, 3.8) is 0 Å². The Morgan fingerprint density at radius 3 is 2.32 bits per heavy atom. The predicted molar refractivity (Wildman–Crippen MR) is 83.4 cm³/mol. The molecule has 1 heterocycles. The number of nitrogens with zero attached hydrogens (tertiary/aromatic N) is 1. The van der Waals surface area contributed by atoms with Gasteiger partial charge in [-0.1, -0.05) is 30.3 Å². The molecule has 0 spiro atoms. The summed E-state index contributed by atoms with van der Waals surface area (Å²) in [5.41, 5.74) is 0.766. The number of carbonyl (C=O) groups is 2. The Morgan fingerprint density at radius 1 is 1.09 bits per heavy atom. The molecule has 1 aromatic rings. The van der Waals surface area contributed by atoms with Crippen molar-refractivity contribution in [2.45, 2.75) is 25.9 Å². The van der Waals surface area contributed by atoms with Gasteiger partial charge in [-0.15, -0.1) is 0 Å². The van der Waals surface area contributed by atoms with Gasteiger partial charge in [0, 0.05) is 19.1 Å². The maximum absolute atomic E-state index is 12.4. The minimum atomic E-state index is -0.695. The largest absolute Gasteiger partial charge is 0.378 e. The molecule has 1 saturated heterocycles. The molecule has 1 aromatic carbocycles. The van der Waals surface area contributed by atoms with Crippen molar-refractivity contribution in [3.8, 4) is 0 Å². The van der Waals surface area contributed by atoms with Crippen molar-refractivity contribution >= 4 is 11.9 Å². The molecule has 1 atom stereocenters. The first-order valence-electron chi connectivity index (χ1n) is 7.56. The molecule has 3 amide bonds. The molecule has 2 N–H and O–H groups in total. The van der Waals surface area contributed by atoms with Crippen molar-refractivity contribution in [2.24, 2.45) is 0 Å². The second kappa shape index (κ2) is 7.79. The van der Waals surface area contributed by atoms with E-state index in [0.717, 1.165) is 5.56 Å². The van der Waals surface area contributed by atoms with E-state index in [1.54, 1.807) is 4.90 Å². The van der Waals surface area contributed by atoms with E-state index in [0.29, 0.717) is 26.3 Å². The van der Waals surface area contributed by atoms with E-state index in [1.165, 1.54) is 0 Å². The molecule has 2 rings (SSSR count). The normalized spacial score (nSPS) is 16.2. The molecule has 1 aliphatic rings. The van der Waals surface area contributed by atoms with Crippen molar-refractivity contribution in [3.05, 3.63) is 35.9 Å². The van der Waals surface area contributed by atoms with Gasteiger partial charge in [-0.25, -0.2) is 4.79 Å². The standard InChI is InChI=1S/C16H23N3O3/c1-12(2)17-15(20)14(13-6-4-3-5-7-13)18-16(21)19-8-10-22-11-9-19/h3-7,12,14H,8-11H2,1-2H3,(H,17,20)(H,18,21)/t14-/m0/s1. The third-order valence-electron chi connectivity index (χ3n) is 3.39. The Labute approximate surface area is 130 Å². The van der Waals surface area contributed by atoms with E-state index < -0.39 is 6.04 Å². The van der Waals surface area contributed by atoms with Crippen LogP contribution in [0.5, 0.6) is 0 Å². The highest BCUT2D eigenvalue weighted by Crippen LogP contribution is 2.14. The van der Waals surface area contributed by atoms with Crippen LogP contribution < -0.4 is 10.6 Å². The zero-order valence-electron chi connectivity index (χ0n) is 13.0. The molecule has 6 nitrogen and oxygen atoms in total. The fourth-order valence-electron chi connectivity index (χ4n) is 2.29. The van der Waals surface area contributed by atoms with E-state index in [2.05, 4.69) is 10.6 Å².